The molecule has 3 heteroatoms. The highest BCUT2D eigenvalue weighted by atomic mass is 32.2. The van der Waals surface area contributed by atoms with Crippen molar-refractivity contribution >= 4 is 11.8 Å². The maximum Gasteiger partial charge on any atom is 0.0500 e. The van der Waals surface area contributed by atoms with Gasteiger partial charge in [-0.3, -0.25) is 11.3 Å². The second-order valence-corrected chi connectivity index (χ2v) is 5.50. The molecule has 1 atom stereocenters. The molecule has 0 spiro atoms. The van der Waals surface area contributed by atoms with Crippen LogP contribution in [-0.2, 0) is 6.42 Å². The average Bonchev–Trinajstić information content (AvgIpc) is 2.47. The Morgan fingerprint density at radius 1 is 1.11 bits per heavy atom. The molecular formula is C16H20N2S. The van der Waals surface area contributed by atoms with Crippen molar-refractivity contribution in [3.05, 3.63) is 65.2 Å². The topological polar surface area (TPSA) is 38.0 Å². The number of hydrogen-bond acceptors (Lipinski definition) is 3. The molecule has 100 valence electrons. The predicted octanol–water partition coefficient (Wildman–Crippen LogP) is 3.46. The monoisotopic (exact) mass is 272 g/mol. The van der Waals surface area contributed by atoms with E-state index in [9.17, 15) is 0 Å². The van der Waals surface area contributed by atoms with Crippen LogP contribution in [0, 0.1) is 6.92 Å². The van der Waals surface area contributed by atoms with Crippen molar-refractivity contribution in [2.75, 3.05) is 6.26 Å². The van der Waals surface area contributed by atoms with Crippen molar-refractivity contribution in [2.24, 2.45) is 5.84 Å². The van der Waals surface area contributed by atoms with Crippen LogP contribution in [0.25, 0.3) is 0 Å². The molecule has 0 saturated heterocycles. The van der Waals surface area contributed by atoms with Gasteiger partial charge in [-0.2, -0.15) is 0 Å². The van der Waals surface area contributed by atoms with Crippen LogP contribution in [-0.4, -0.2) is 6.26 Å². The molecule has 0 aromatic heterocycles. The third-order valence-electron chi connectivity index (χ3n) is 3.40. The maximum atomic E-state index is 5.72. The van der Waals surface area contributed by atoms with Crippen LogP contribution >= 0.6 is 11.8 Å². The van der Waals surface area contributed by atoms with Crippen LogP contribution in [0.5, 0.6) is 0 Å². The Labute approximate surface area is 119 Å². The third-order valence-corrected chi connectivity index (χ3v) is 4.15. The van der Waals surface area contributed by atoms with Crippen LogP contribution in [0.3, 0.4) is 0 Å². The van der Waals surface area contributed by atoms with Gasteiger partial charge in [-0.25, -0.2) is 0 Å². The summed E-state index contributed by atoms with van der Waals surface area (Å²) in [6.07, 6.45) is 2.99. The van der Waals surface area contributed by atoms with Crippen LogP contribution in [0.1, 0.15) is 22.7 Å². The van der Waals surface area contributed by atoms with E-state index in [4.69, 9.17) is 5.84 Å². The molecule has 0 aliphatic rings. The number of nitrogens with two attached hydrogens (primary N) is 1. The van der Waals surface area contributed by atoms with Gasteiger partial charge in [-0.1, -0.05) is 36.4 Å². The van der Waals surface area contributed by atoms with E-state index in [2.05, 4.69) is 67.1 Å². The Morgan fingerprint density at radius 3 is 2.37 bits per heavy atom. The average molecular weight is 272 g/mol. The van der Waals surface area contributed by atoms with E-state index < -0.39 is 0 Å². The zero-order valence-electron chi connectivity index (χ0n) is 11.4. The van der Waals surface area contributed by atoms with Gasteiger partial charge in [0.1, 0.15) is 0 Å². The molecule has 2 rings (SSSR count). The Hall–Kier alpha value is -1.29. The zero-order valence-corrected chi connectivity index (χ0v) is 12.2. The molecule has 0 saturated carbocycles. The van der Waals surface area contributed by atoms with Crippen molar-refractivity contribution < 1.29 is 0 Å². The Bertz CT molecular complexity index is 523. The van der Waals surface area contributed by atoms with Crippen LogP contribution in [0.15, 0.2) is 53.4 Å². The van der Waals surface area contributed by atoms with Gasteiger partial charge in [-0.15, -0.1) is 11.8 Å². The third kappa shape index (κ3) is 3.60. The van der Waals surface area contributed by atoms with E-state index in [1.165, 1.54) is 21.6 Å². The molecule has 0 bridgehead atoms. The number of rotatable bonds is 5. The van der Waals surface area contributed by atoms with Crippen LogP contribution in [0.4, 0.5) is 0 Å². The molecule has 2 aromatic rings. The summed E-state index contributed by atoms with van der Waals surface area (Å²) in [7, 11) is 0. The summed E-state index contributed by atoms with van der Waals surface area (Å²) in [6, 6.07) is 17.2. The van der Waals surface area contributed by atoms with Crippen molar-refractivity contribution in [3.8, 4) is 0 Å². The van der Waals surface area contributed by atoms with Crippen LogP contribution < -0.4 is 11.3 Å². The molecular weight excluding hydrogens is 252 g/mol. The Balaban J connectivity index is 2.17. The zero-order chi connectivity index (χ0) is 13.7. The van der Waals surface area contributed by atoms with E-state index >= 15 is 0 Å². The van der Waals surface area contributed by atoms with Gasteiger partial charge in [0.15, 0.2) is 0 Å². The molecule has 1 unspecified atom stereocenters. The number of hydrazine groups is 1. The number of benzene rings is 2. The fraction of sp³-hybridized carbons (Fsp3) is 0.250. The number of hydrogen-bond donors (Lipinski definition) is 2. The molecule has 2 aromatic carbocycles. The van der Waals surface area contributed by atoms with Crippen molar-refractivity contribution in [1.29, 1.82) is 0 Å². The first-order chi connectivity index (χ1) is 9.24. The summed E-state index contributed by atoms with van der Waals surface area (Å²) in [4.78, 5) is 1.27. The number of thioether (sulfide) groups is 1. The second kappa shape index (κ2) is 6.75. The highest BCUT2D eigenvalue weighted by molar-refractivity contribution is 7.98. The molecule has 0 aliphatic carbocycles. The lowest BCUT2D eigenvalue weighted by atomic mass is 9.97. The lowest BCUT2D eigenvalue weighted by Gasteiger charge is -2.18. The fourth-order valence-electron chi connectivity index (χ4n) is 2.17. The SMILES string of the molecule is CSc1ccc(C(Cc2ccccc2C)NN)cc1. The fourth-order valence-corrected chi connectivity index (χ4v) is 2.58. The van der Waals surface area contributed by atoms with Crippen molar-refractivity contribution in [3.63, 3.8) is 0 Å². The van der Waals surface area contributed by atoms with Gasteiger partial charge in [0.2, 0.25) is 0 Å². The molecule has 0 amide bonds. The maximum absolute atomic E-state index is 5.72. The standard InChI is InChI=1S/C16H20N2S/c1-12-5-3-4-6-14(12)11-16(18-17)13-7-9-15(19-2)10-8-13/h3-10,16,18H,11,17H2,1-2H3. The van der Waals surface area contributed by atoms with Crippen LogP contribution in [0.2, 0.25) is 0 Å². The number of aryl methyl sites for hydroxylation is 1. The minimum atomic E-state index is 0.150. The summed E-state index contributed by atoms with van der Waals surface area (Å²) in [5, 5.41) is 0. The minimum absolute atomic E-state index is 0.150. The smallest absolute Gasteiger partial charge is 0.0500 e. The molecule has 0 fully saturated rings. The normalized spacial score (nSPS) is 12.4. The summed E-state index contributed by atoms with van der Waals surface area (Å²) in [5.41, 5.74) is 6.79. The molecule has 0 aliphatic heterocycles. The van der Waals surface area contributed by atoms with Gasteiger partial charge >= 0.3 is 0 Å². The molecule has 19 heavy (non-hydrogen) atoms. The highest BCUT2D eigenvalue weighted by Crippen LogP contribution is 2.22. The molecule has 3 N–H and O–H groups in total. The van der Waals surface area contributed by atoms with E-state index in [0.717, 1.165) is 6.42 Å². The van der Waals surface area contributed by atoms with Gasteiger partial charge in [-0.05, 0) is 48.4 Å². The van der Waals surface area contributed by atoms with Crippen molar-refractivity contribution in [1.82, 2.24) is 5.43 Å². The second-order valence-electron chi connectivity index (χ2n) is 4.62. The first-order valence-electron chi connectivity index (χ1n) is 6.39. The van der Waals surface area contributed by atoms with E-state index in [1.807, 2.05) is 0 Å². The van der Waals surface area contributed by atoms with Gasteiger partial charge in [0, 0.05) is 10.9 Å². The first kappa shape index (κ1) is 14.1. The summed E-state index contributed by atoms with van der Waals surface area (Å²) in [5.74, 6) is 5.72. The van der Waals surface area contributed by atoms with Crippen molar-refractivity contribution in [2.45, 2.75) is 24.3 Å². The minimum Gasteiger partial charge on any atom is -0.271 e. The molecule has 2 nitrogen and oxygen atoms in total. The highest BCUT2D eigenvalue weighted by Gasteiger charge is 2.11. The molecule has 0 radical (unpaired) electrons. The van der Waals surface area contributed by atoms with E-state index in [0.29, 0.717) is 0 Å². The summed E-state index contributed by atoms with van der Waals surface area (Å²) < 4.78 is 0. The predicted molar refractivity (Wildman–Crippen MR) is 83.2 cm³/mol. The summed E-state index contributed by atoms with van der Waals surface area (Å²) in [6.45, 7) is 2.14. The Kier molecular flexibility index (Phi) is 5.02. The first-order valence-corrected chi connectivity index (χ1v) is 7.61. The summed E-state index contributed by atoms with van der Waals surface area (Å²) >= 11 is 1.75. The number of nitrogens with one attached hydrogen (secondary N) is 1. The van der Waals surface area contributed by atoms with E-state index in [1.54, 1.807) is 11.8 Å². The molecule has 0 heterocycles. The lowest BCUT2D eigenvalue weighted by molar-refractivity contribution is 0.550. The van der Waals surface area contributed by atoms with Gasteiger partial charge in [0.05, 0.1) is 0 Å². The quantitative estimate of drug-likeness (QED) is 0.497. The van der Waals surface area contributed by atoms with Gasteiger partial charge < -0.3 is 0 Å². The van der Waals surface area contributed by atoms with E-state index in [-0.39, 0.29) is 6.04 Å². The lowest BCUT2D eigenvalue weighted by Crippen LogP contribution is -2.29. The van der Waals surface area contributed by atoms with Gasteiger partial charge in [0.25, 0.3) is 0 Å². The largest absolute Gasteiger partial charge is 0.271 e. The Morgan fingerprint density at radius 2 is 1.79 bits per heavy atom.